The number of likely N-dealkylation sites (N-methyl/N-ethyl adjacent to an activating group) is 2. The topological polar surface area (TPSA) is 146 Å². The first kappa shape index (κ1) is 28.3. The molecule has 1 unspecified atom stereocenters. The Hall–Kier alpha value is -2.76. The van der Waals surface area contributed by atoms with E-state index in [0.29, 0.717) is 0 Å². The van der Waals surface area contributed by atoms with Gasteiger partial charge in [0.25, 0.3) is 23.6 Å². The van der Waals surface area contributed by atoms with Crippen molar-refractivity contribution in [1.82, 2.24) is 19.6 Å². The Morgan fingerprint density at radius 2 is 1.04 bits per heavy atom. The first-order chi connectivity index (χ1) is 22.1. The Morgan fingerprint density at radius 3 is 1.43 bits per heavy atom. The largest absolute Gasteiger partial charge is 0.392 e. The van der Waals surface area contributed by atoms with E-state index < -0.39 is 55.9 Å². The van der Waals surface area contributed by atoms with Crippen LogP contribution in [0.25, 0.3) is 0 Å². The van der Waals surface area contributed by atoms with Crippen LogP contribution in [0.1, 0.15) is 24.0 Å². The maximum absolute atomic E-state index is 14.7. The van der Waals surface area contributed by atoms with Crippen molar-refractivity contribution in [2.24, 2.45) is 0 Å². The third-order valence-electron chi connectivity index (χ3n) is 12.0. The van der Waals surface area contributed by atoms with E-state index in [9.17, 15) is 29.4 Å². The molecule has 12 nitrogen and oxygen atoms in total. The fourth-order valence-corrected chi connectivity index (χ4v) is 17.2. The van der Waals surface area contributed by atoms with Crippen LogP contribution in [0.15, 0.2) is 48.5 Å². The summed E-state index contributed by atoms with van der Waals surface area (Å²) in [6.07, 6.45) is -1.01. The van der Waals surface area contributed by atoms with Gasteiger partial charge in [-0.05, 0) is 44.8 Å². The highest BCUT2D eigenvalue weighted by molar-refractivity contribution is 8.78. The van der Waals surface area contributed by atoms with E-state index in [2.05, 4.69) is 10.6 Å². The lowest BCUT2D eigenvalue weighted by Crippen LogP contribution is -2.77. The fraction of sp³-hybridized carbons (Fsp3) is 0.467. The summed E-state index contributed by atoms with van der Waals surface area (Å²) in [6.45, 7) is -1.07. The molecule has 0 saturated carbocycles. The van der Waals surface area contributed by atoms with Crippen LogP contribution in [0.4, 0.5) is 11.4 Å². The molecular formula is C30H28N6O6S4. The number of piperazine rings is 2. The summed E-state index contributed by atoms with van der Waals surface area (Å²) in [7, 11) is 8.28. The highest BCUT2D eigenvalue weighted by atomic mass is 33.1. The number of carbonyl (C=O) groups excluding carboxylic acids is 4. The summed E-state index contributed by atoms with van der Waals surface area (Å²) in [4.78, 5) is 59.0. The van der Waals surface area contributed by atoms with E-state index in [1.807, 2.05) is 48.5 Å². The van der Waals surface area contributed by atoms with Crippen molar-refractivity contribution < 1.29 is 29.4 Å². The van der Waals surface area contributed by atoms with Crippen molar-refractivity contribution in [3.8, 4) is 0 Å². The summed E-state index contributed by atoms with van der Waals surface area (Å²) in [5, 5.41) is 28.6. The van der Waals surface area contributed by atoms with Crippen LogP contribution >= 0.6 is 43.2 Å². The molecule has 0 aromatic heterocycles. The molecule has 2 aromatic carbocycles. The monoisotopic (exact) mass is 696 g/mol. The van der Waals surface area contributed by atoms with Gasteiger partial charge in [-0.25, -0.2) is 0 Å². The van der Waals surface area contributed by atoms with E-state index in [4.69, 9.17) is 0 Å². The molecule has 8 fully saturated rings. The standard InChI is InChI=1S/C30H28N6O6S4/c1-33-21(39)27-11-25(15-7-3-5-9-17(15)31-19(25)35(27)23(41)29(33,13-37)45-43-27)26-12-28-22(40)34(2)30(14-38,46-44-28)24(42)36(28)20(26)32-18-10-6-4-8-16(18)26/h3-10,19-20,31-32,37-38H,11-14H2,1-2H3/t19-,20-,25+,26?,27+,28+,29+,30+/m1/s1. The molecule has 10 heterocycles. The lowest BCUT2D eigenvalue weighted by Gasteiger charge is -2.57. The highest BCUT2D eigenvalue weighted by Crippen LogP contribution is 2.78. The van der Waals surface area contributed by atoms with E-state index >= 15 is 0 Å². The molecule has 0 aliphatic carbocycles. The van der Waals surface area contributed by atoms with Gasteiger partial charge in [-0.3, -0.25) is 29.0 Å². The molecule has 2 spiro atoms. The van der Waals surface area contributed by atoms with Gasteiger partial charge >= 0.3 is 0 Å². The van der Waals surface area contributed by atoms with E-state index in [1.54, 1.807) is 23.9 Å². The minimum Gasteiger partial charge on any atom is -0.392 e. The predicted octanol–water partition coefficient (Wildman–Crippen LogP) is 1.33. The number of aliphatic hydroxyl groups excluding tert-OH is 2. The van der Waals surface area contributed by atoms with Crippen LogP contribution in [0.2, 0.25) is 0 Å². The Morgan fingerprint density at radius 1 is 0.652 bits per heavy atom. The van der Waals surface area contributed by atoms with Crippen LogP contribution in [0.3, 0.4) is 0 Å². The fourth-order valence-electron chi connectivity index (χ4n) is 9.92. The van der Waals surface area contributed by atoms with Crippen molar-refractivity contribution in [3.63, 3.8) is 0 Å². The van der Waals surface area contributed by atoms with Crippen LogP contribution in [0.5, 0.6) is 0 Å². The Bertz CT molecular complexity index is 1740. The zero-order chi connectivity index (χ0) is 31.8. The molecule has 8 atom stereocenters. The lowest BCUT2D eigenvalue weighted by molar-refractivity contribution is -0.166. The van der Waals surface area contributed by atoms with Gasteiger partial charge in [0.1, 0.15) is 12.3 Å². The Balaban J connectivity index is 1.29. The lowest BCUT2D eigenvalue weighted by atomic mass is 9.54. The van der Waals surface area contributed by atoms with Gasteiger partial charge in [0, 0.05) is 38.3 Å². The van der Waals surface area contributed by atoms with Gasteiger partial charge in [0.2, 0.25) is 9.74 Å². The molecule has 4 N–H and O–H groups in total. The zero-order valence-electron chi connectivity index (χ0n) is 24.6. The number of aliphatic hydroxyl groups is 2. The molecule has 10 aliphatic rings. The van der Waals surface area contributed by atoms with Crippen molar-refractivity contribution in [3.05, 3.63) is 59.7 Å². The van der Waals surface area contributed by atoms with Gasteiger partial charge in [-0.2, -0.15) is 0 Å². The number of amides is 4. The maximum atomic E-state index is 14.7. The van der Waals surface area contributed by atoms with Gasteiger partial charge in [-0.1, -0.05) is 58.0 Å². The Labute approximate surface area is 279 Å². The normalized spacial score (nSPS) is 43.7. The predicted molar refractivity (Wildman–Crippen MR) is 175 cm³/mol. The molecule has 0 radical (unpaired) electrons. The first-order valence-corrected chi connectivity index (χ1v) is 19.3. The second kappa shape index (κ2) is 8.26. The van der Waals surface area contributed by atoms with Crippen molar-refractivity contribution in [2.45, 2.75) is 55.5 Å². The molecule has 10 aliphatic heterocycles. The van der Waals surface area contributed by atoms with Crippen molar-refractivity contribution >= 4 is 78.2 Å². The summed E-state index contributed by atoms with van der Waals surface area (Å²) in [5.41, 5.74) is 1.45. The molecule has 46 heavy (non-hydrogen) atoms. The number of hydrogen-bond acceptors (Lipinski definition) is 12. The third kappa shape index (κ3) is 2.48. The second-order valence-electron chi connectivity index (χ2n) is 13.3. The van der Waals surface area contributed by atoms with Crippen molar-refractivity contribution in [1.29, 1.82) is 0 Å². The summed E-state index contributed by atoms with van der Waals surface area (Å²) in [6, 6.07) is 15.8. The number of rotatable bonds is 3. The Kier molecular flexibility index (Phi) is 5.08. The van der Waals surface area contributed by atoms with Crippen LogP contribution in [0, 0.1) is 0 Å². The average Bonchev–Trinajstić information content (AvgIpc) is 3.75. The maximum Gasteiger partial charge on any atom is 0.265 e. The number of fused-ring (bicyclic) bond motifs is 11. The number of benzene rings is 2. The number of para-hydroxylation sites is 2. The van der Waals surface area contributed by atoms with E-state index in [-0.39, 0.29) is 36.5 Å². The number of anilines is 2. The number of nitrogens with zero attached hydrogens (tertiary/aromatic N) is 4. The molecular weight excluding hydrogens is 669 g/mol. The van der Waals surface area contributed by atoms with Crippen LogP contribution < -0.4 is 10.6 Å². The average molecular weight is 697 g/mol. The summed E-state index contributed by atoms with van der Waals surface area (Å²) < 4.78 is 0. The van der Waals surface area contributed by atoms with Gasteiger partial charge in [0.15, 0.2) is 9.74 Å². The summed E-state index contributed by atoms with van der Waals surface area (Å²) in [5.74, 6) is -1.19. The first-order valence-electron chi connectivity index (χ1n) is 15.0. The van der Waals surface area contributed by atoms with E-state index in [0.717, 1.165) is 22.5 Å². The van der Waals surface area contributed by atoms with Gasteiger partial charge in [-0.15, -0.1) is 0 Å². The molecule has 8 saturated heterocycles. The van der Waals surface area contributed by atoms with Crippen LogP contribution in [-0.2, 0) is 30.0 Å². The second-order valence-corrected chi connectivity index (χ2v) is 18.7. The van der Waals surface area contributed by atoms with Gasteiger partial charge < -0.3 is 30.6 Å². The molecule has 4 amide bonds. The van der Waals surface area contributed by atoms with Crippen LogP contribution in [-0.4, -0.2) is 113 Å². The minimum atomic E-state index is -1.47. The number of nitrogens with one attached hydrogen (secondary N) is 2. The molecule has 2 aromatic rings. The SMILES string of the molecule is CN1C(=O)[C@@]23CC4([C@]56C[C@@]78SS[C@@](CO)(C(=O)N7[C@H]5Nc5ccccc56)N(C)C8=O)c5ccccc5N[C@@H]4N2C(=O)[C@]1(CO)SS3. The minimum absolute atomic E-state index is 0.223. The summed E-state index contributed by atoms with van der Waals surface area (Å²) >= 11 is 0. The highest BCUT2D eigenvalue weighted by Gasteiger charge is 2.87. The van der Waals surface area contributed by atoms with E-state index in [1.165, 1.54) is 53.0 Å². The van der Waals surface area contributed by atoms with Crippen molar-refractivity contribution in [2.75, 3.05) is 37.9 Å². The molecule has 238 valence electrons. The molecule has 16 heteroatoms. The number of carbonyl (C=O) groups is 4. The van der Waals surface area contributed by atoms with Gasteiger partial charge in [0.05, 0.1) is 24.0 Å². The molecule has 12 rings (SSSR count). The third-order valence-corrected chi connectivity index (χ3v) is 19.3. The molecule has 4 bridgehead atoms. The number of hydrogen-bond donors (Lipinski definition) is 4. The smallest absolute Gasteiger partial charge is 0.265 e. The zero-order valence-corrected chi connectivity index (χ0v) is 27.8. The quantitative estimate of drug-likeness (QED) is 0.344.